The lowest BCUT2D eigenvalue weighted by molar-refractivity contribution is -0.136. The normalized spacial score (nSPS) is 15.4. The first-order valence-corrected chi connectivity index (χ1v) is 11.1. The molecule has 0 fully saturated rings. The minimum Gasteiger partial charge on any atom is -0.485 e. The van der Waals surface area contributed by atoms with Gasteiger partial charge >= 0.3 is 5.97 Å². The molecule has 1 atom stereocenters. The van der Waals surface area contributed by atoms with Crippen LogP contribution in [0, 0.1) is 0 Å². The van der Waals surface area contributed by atoms with Crippen LogP contribution in [0.1, 0.15) is 35.6 Å². The van der Waals surface area contributed by atoms with Gasteiger partial charge in [-0.1, -0.05) is 48.5 Å². The molecule has 1 aliphatic heterocycles. The summed E-state index contributed by atoms with van der Waals surface area (Å²) in [5.74, 6) is 0.116. The molecule has 0 saturated carbocycles. The summed E-state index contributed by atoms with van der Waals surface area (Å²) in [6.07, 6.45) is 4.71. The molecule has 3 nitrogen and oxygen atoms in total. The Balaban J connectivity index is 1.50. The summed E-state index contributed by atoms with van der Waals surface area (Å²) < 4.78 is 6.30. The van der Waals surface area contributed by atoms with Crippen LogP contribution in [0.15, 0.2) is 71.6 Å². The van der Waals surface area contributed by atoms with Crippen molar-refractivity contribution in [1.29, 1.82) is 0 Å². The van der Waals surface area contributed by atoms with Gasteiger partial charge in [0.15, 0.2) is 0 Å². The highest BCUT2D eigenvalue weighted by Crippen LogP contribution is 2.36. The van der Waals surface area contributed by atoms with E-state index in [4.69, 9.17) is 9.84 Å². The van der Waals surface area contributed by atoms with Crippen LogP contribution in [0.25, 0.3) is 11.1 Å². The number of benzene rings is 3. The molecule has 1 aliphatic rings. The highest BCUT2D eigenvalue weighted by Gasteiger charge is 2.21. The number of thioether (sulfide) groups is 1. The molecule has 1 heterocycles. The zero-order valence-electron chi connectivity index (χ0n) is 16.4. The maximum atomic E-state index is 10.8. The number of aryl methyl sites for hydroxylation is 2. The van der Waals surface area contributed by atoms with Crippen LogP contribution in [-0.4, -0.2) is 17.3 Å². The fourth-order valence-electron chi connectivity index (χ4n) is 3.75. The van der Waals surface area contributed by atoms with Gasteiger partial charge in [-0.2, -0.15) is 0 Å². The van der Waals surface area contributed by atoms with Gasteiger partial charge in [0.05, 0.1) is 0 Å². The summed E-state index contributed by atoms with van der Waals surface area (Å²) in [6, 6.07) is 23.3. The van der Waals surface area contributed by atoms with Crippen molar-refractivity contribution < 1.29 is 14.6 Å². The summed E-state index contributed by atoms with van der Waals surface area (Å²) in [7, 11) is 0. The Morgan fingerprint density at radius 2 is 1.90 bits per heavy atom. The van der Waals surface area contributed by atoms with E-state index >= 15 is 0 Å². The Labute approximate surface area is 175 Å². The number of aliphatic carboxylic acids is 1. The minimum atomic E-state index is -0.773. The quantitative estimate of drug-likeness (QED) is 0.500. The number of carboxylic acid groups (broad SMARTS) is 1. The molecule has 3 aromatic rings. The zero-order chi connectivity index (χ0) is 20.2. The molecule has 1 N–H and O–H groups in total. The maximum Gasteiger partial charge on any atom is 0.303 e. The molecular formula is C25H24O3S. The average molecular weight is 405 g/mol. The molecule has 0 amide bonds. The van der Waals surface area contributed by atoms with Crippen LogP contribution < -0.4 is 4.74 Å². The van der Waals surface area contributed by atoms with Crippen molar-refractivity contribution in [3.63, 3.8) is 0 Å². The van der Waals surface area contributed by atoms with Gasteiger partial charge in [-0.3, -0.25) is 4.79 Å². The van der Waals surface area contributed by atoms with E-state index in [1.54, 1.807) is 11.8 Å². The second kappa shape index (κ2) is 8.75. The SMILES string of the molecule is CSc1cccc(-c2ccc(C3CCc4ccc(CCC(=O)O)cc4O3)cc2)c1. The molecule has 0 bridgehead atoms. The third kappa shape index (κ3) is 4.65. The van der Waals surface area contributed by atoms with Crippen molar-refractivity contribution >= 4 is 17.7 Å². The lowest BCUT2D eigenvalue weighted by Gasteiger charge is -2.27. The summed E-state index contributed by atoms with van der Waals surface area (Å²) in [5.41, 5.74) is 5.82. The van der Waals surface area contributed by atoms with Crippen LogP contribution >= 0.6 is 11.8 Å². The molecular weight excluding hydrogens is 380 g/mol. The number of carbonyl (C=O) groups is 1. The number of hydrogen-bond acceptors (Lipinski definition) is 3. The van der Waals surface area contributed by atoms with E-state index < -0.39 is 5.97 Å². The molecule has 0 radical (unpaired) electrons. The first-order valence-electron chi connectivity index (χ1n) is 9.87. The molecule has 148 valence electrons. The van der Waals surface area contributed by atoms with Gasteiger partial charge in [-0.25, -0.2) is 0 Å². The van der Waals surface area contributed by atoms with E-state index in [1.807, 2.05) is 12.1 Å². The lowest BCUT2D eigenvalue weighted by Crippen LogP contribution is -2.15. The second-order valence-corrected chi connectivity index (χ2v) is 8.21. The Morgan fingerprint density at radius 1 is 1.07 bits per heavy atom. The predicted molar refractivity (Wildman–Crippen MR) is 118 cm³/mol. The Hall–Kier alpha value is -2.72. The predicted octanol–water partition coefficient (Wildman–Crippen LogP) is 6.16. The van der Waals surface area contributed by atoms with E-state index in [1.165, 1.54) is 27.1 Å². The van der Waals surface area contributed by atoms with Crippen LogP contribution in [-0.2, 0) is 17.6 Å². The van der Waals surface area contributed by atoms with E-state index in [0.717, 1.165) is 24.2 Å². The van der Waals surface area contributed by atoms with Crippen molar-refractivity contribution in [1.82, 2.24) is 0 Å². The molecule has 29 heavy (non-hydrogen) atoms. The summed E-state index contributed by atoms with van der Waals surface area (Å²) >= 11 is 1.75. The largest absolute Gasteiger partial charge is 0.485 e. The Morgan fingerprint density at radius 3 is 2.66 bits per heavy atom. The maximum absolute atomic E-state index is 10.8. The summed E-state index contributed by atoms with van der Waals surface area (Å²) in [4.78, 5) is 12.1. The first-order chi connectivity index (χ1) is 14.1. The molecule has 1 unspecified atom stereocenters. The van der Waals surface area contributed by atoms with E-state index in [2.05, 4.69) is 60.9 Å². The van der Waals surface area contributed by atoms with Gasteiger partial charge in [0.1, 0.15) is 11.9 Å². The third-order valence-corrected chi connectivity index (χ3v) is 6.12. The Kier molecular flexibility index (Phi) is 5.91. The van der Waals surface area contributed by atoms with E-state index in [9.17, 15) is 4.79 Å². The molecule has 3 aromatic carbocycles. The third-order valence-electron chi connectivity index (χ3n) is 5.39. The average Bonchev–Trinajstić information content (AvgIpc) is 2.77. The van der Waals surface area contributed by atoms with E-state index in [-0.39, 0.29) is 12.5 Å². The first kappa shape index (κ1) is 19.6. The summed E-state index contributed by atoms with van der Waals surface area (Å²) in [5, 5.41) is 8.91. The number of rotatable bonds is 6. The number of fused-ring (bicyclic) bond motifs is 1. The van der Waals surface area contributed by atoms with Crippen LogP contribution in [0.5, 0.6) is 5.75 Å². The molecule has 0 spiro atoms. The summed E-state index contributed by atoms with van der Waals surface area (Å²) in [6.45, 7) is 0. The van der Waals surface area contributed by atoms with Gasteiger partial charge in [0, 0.05) is 11.3 Å². The van der Waals surface area contributed by atoms with Gasteiger partial charge < -0.3 is 9.84 Å². The van der Waals surface area contributed by atoms with Crippen LogP contribution in [0.3, 0.4) is 0 Å². The minimum absolute atomic E-state index is 0.0313. The number of carboxylic acids is 1. The fraction of sp³-hybridized carbons (Fsp3) is 0.240. The molecule has 0 aliphatic carbocycles. The highest BCUT2D eigenvalue weighted by atomic mass is 32.2. The topological polar surface area (TPSA) is 46.5 Å². The second-order valence-electron chi connectivity index (χ2n) is 7.33. The van der Waals surface area contributed by atoms with Crippen LogP contribution in [0.4, 0.5) is 0 Å². The highest BCUT2D eigenvalue weighted by molar-refractivity contribution is 7.98. The van der Waals surface area contributed by atoms with Crippen LogP contribution in [0.2, 0.25) is 0 Å². The Bertz CT molecular complexity index is 1010. The van der Waals surface area contributed by atoms with E-state index in [0.29, 0.717) is 6.42 Å². The van der Waals surface area contributed by atoms with Crippen molar-refractivity contribution in [3.05, 3.63) is 83.4 Å². The standard InChI is InChI=1S/C25H24O3S/c1-29-22-4-2-3-21(16-22)18-8-10-19(11-9-18)23-13-12-20-7-5-17(6-14-25(26)27)15-24(20)28-23/h2-5,7-11,15-16,23H,6,12-14H2,1H3,(H,26,27). The fourth-order valence-corrected chi connectivity index (χ4v) is 4.21. The van der Waals surface area contributed by atoms with Crippen molar-refractivity contribution in [2.24, 2.45) is 0 Å². The molecule has 0 saturated heterocycles. The van der Waals surface area contributed by atoms with Crippen molar-refractivity contribution in [2.75, 3.05) is 6.26 Å². The molecule has 4 rings (SSSR count). The smallest absolute Gasteiger partial charge is 0.303 e. The van der Waals surface area contributed by atoms with Crippen molar-refractivity contribution in [3.8, 4) is 16.9 Å². The zero-order valence-corrected chi connectivity index (χ0v) is 17.2. The molecule has 0 aromatic heterocycles. The monoisotopic (exact) mass is 404 g/mol. The number of hydrogen-bond donors (Lipinski definition) is 1. The molecule has 4 heteroatoms. The van der Waals surface area contributed by atoms with Crippen molar-refractivity contribution in [2.45, 2.75) is 36.7 Å². The van der Waals surface area contributed by atoms with Gasteiger partial charge in [0.25, 0.3) is 0 Å². The number of ether oxygens (including phenoxy) is 1. The van der Waals surface area contributed by atoms with Gasteiger partial charge in [-0.05, 0) is 71.5 Å². The lowest BCUT2D eigenvalue weighted by atomic mass is 9.94. The van der Waals surface area contributed by atoms with Gasteiger partial charge in [0.2, 0.25) is 0 Å². The van der Waals surface area contributed by atoms with Gasteiger partial charge in [-0.15, -0.1) is 11.8 Å².